The highest BCUT2D eigenvalue weighted by Gasteiger charge is 2.14. The molecule has 0 spiro atoms. The smallest absolute Gasteiger partial charge is 0.259 e. The zero-order chi connectivity index (χ0) is 22.5. The van der Waals surface area contributed by atoms with E-state index in [0.29, 0.717) is 27.9 Å². The number of ether oxygens (including phenoxy) is 2. The Bertz CT molecular complexity index is 1240. The molecule has 1 heterocycles. The molecule has 8 heteroatoms. The third-order valence-corrected chi connectivity index (χ3v) is 5.43. The zero-order valence-electron chi connectivity index (χ0n) is 17.4. The lowest BCUT2D eigenvalue weighted by atomic mass is 10.1. The van der Waals surface area contributed by atoms with Gasteiger partial charge in [0.15, 0.2) is 5.13 Å². The van der Waals surface area contributed by atoms with Crippen LogP contribution in [0.5, 0.6) is 11.5 Å². The van der Waals surface area contributed by atoms with Gasteiger partial charge in [-0.2, -0.15) is 0 Å². The van der Waals surface area contributed by atoms with Gasteiger partial charge in [0.1, 0.15) is 17.3 Å². The standard InChI is InChI=1S/C24H20FN3O3S/c1-30-19-10-11-20(22(13-19)31-2)23(29)26-18-5-3-4-15(12-18)21-14-32-24(28-21)27-17-8-6-16(25)7-9-17/h3-14H,1-2H3,(H,26,29)(H,27,28). The van der Waals surface area contributed by atoms with Crippen LogP contribution in [0.25, 0.3) is 11.3 Å². The number of aromatic nitrogens is 1. The first kappa shape index (κ1) is 21.3. The Labute approximate surface area is 188 Å². The number of halogens is 1. The summed E-state index contributed by atoms with van der Waals surface area (Å²) in [5.74, 6) is 0.447. The van der Waals surface area contributed by atoms with Gasteiger partial charge in [-0.3, -0.25) is 4.79 Å². The summed E-state index contributed by atoms with van der Waals surface area (Å²) in [5.41, 5.74) is 3.40. The lowest BCUT2D eigenvalue weighted by Gasteiger charge is -2.11. The molecule has 0 atom stereocenters. The second-order valence-electron chi connectivity index (χ2n) is 6.77. The monoisotopic (exact) mass is 449 g/mol. The van der Waals surface area contributed by atoms with E-state index in [9.17, 15) is 9.18 Å². The van der Waals surface area contributed by atoms with E-state index in [4.69, 9.17) is 9.47 Å². The maximum Gasteiger partial charge on any atom is 0.259 e. The van der Waals surface area contributed by atoms with Crippen molar-refractivity contribution in [3.63, 3.8) is 0 Å². The predicted octanol–water partition coefficient (Wildman–Crippen LogP) is 5.96. The summed E-state index contributed by atoms with van der Waals surface area (Å²) in [6.07, 6.45) is 0. The van der Waals surface area contributed by atoms with Gasteiger partial charge in [0.2, 0.25) is 0 Å². The van der Waals surface area contributed by atoms with Crippen LogP contribution in [-0.4, -0.2) is 25.1 Å². The van der Waals surface area contributed by atoms with Crippen LogP contribution in [0.2, 0.25) is 0 Å². The molecule has 162 valence electrons. The molecule has 32 heavy (non-hydrogen) atoms. The average molecular weight is 450 g/mol. The van der Waals surface area contributed by atoms with E-state index in [0.717, 1.165) is 16.9 Å². The normalized spacial score (nSPS) is 10.5. The van der Waals surface area contributed by atoms with Crippen molar-refractivity contribution in [1.82, 2.24) is 4.98 Å². The third kappa shape index (κ3) is 4.87. The van der Waals surface area contributed by atoms with Crippen molar-refractivity contribution < 1.29 is 18.7 Å². The molecule has 1 amide bonds. The van der Waals surface area contributed by atoms with E-state index >= 15 is 0 Å². The maximum absolute atomic E-state index is 13.1. The van der Waals surface area contributed by atoms with Gasteiger partial charge >= 0.3 is 0 Å². The zero-order valence-corrected chi connectivity index (χ0v) is 18.2. The molecule has 0 saturated heterocycles. The third-order valence-electron chi connectivity index (χ3n) is 4.67. The van der Waals surface area contributed by atoms with Gasteiger partial charge in [0, 0.05) is 28.4 Å². The number of nitrogens with one attached hydrogen (secondary N) is 2. The topological polar surface area (TPSA) is 72.5 Å². The molecule has 0 aliphatic rings. The Morgan fingerprint density at radius 2 is 1.78 bits per heavy atom. The lowest BCUT2D eigenvalue weighted by molar-refractivity contribution is 0.102. The van der Waals surface area contributed by atoms with Gasteiger partial charge < -0.3 is 20.1 Å². The predicted molar refractivity (Wildman–Crippen MR) is 125 cm³/mol. The molecule has 0 saturated carbocycles. The van der Waals surface area contributed by atoms with Crippen molar-refractivity contribution in [2.24, 2.45) is 0 Å². The summed E-state index contributed by atoms with van der Waals surface area (Å²) < 4.78 is 23.6. The van der Waals surface area contributed by atoms with E-state index in [1.165, 1.54) is 30.6 Å². The van der Waals surface area contributed by atoms with Gasteiger partial charge in [-0.15, -0.1) is 11.3 Å². The molecular formula is C24H20FN3O3S. The molecule has 0 unspecified atom stereocenters. The molecular weight excluding hydrogens is 429 g/mol. The number of rotatable bonds is 7. The Kier molecular flexibility index (Phi) is 6.32. The fourth-order valence-electron chi connectivity index (χ4n) is 3.06. The van der Waals surface area contributed by atoms with Crippen molar-refractivity contribution in [2.45, 2.75) is 0 Å². The summed E-state index contributed by atoms with van der Waals surface area (Å²) in [5, 5.41) is 8.66. The molecule has 0 aliphatic heterocycles. The van der Waals surface area contributed by atoms with Gasteiger partial charge in [0.25, 0.3) is 5.91 Å². The highest BCUT2D eigenvalue weighted by molar-refractivity contribution is 7.14. The molecule has 2 N–H and O–H groups in total. The largest absolute Gasteiger partial charge is 0.497 e. The number of amides is 1. The first-order valence-electron chi connectivity index (χ1n) is 9.67. The highest BCUT2D eigenvalue weighted by atomic mass is 32.1. The number of anilines is 3. The molecule has 4 aromatic rings. The molecule has 1 aromatic heterocycles. The number of carbonyl (C=O) groups is 1. The van der Waals surface area contributed by atoms with E-state index in [2.05, 4.69) is 15.6 Å². The molecule has 3 aromatic carbocycles. The Morgan fingerprint density at radius 3 is 2.53 bits per heavy atom. The minimum Gasteiger partial charge on any atom is -0.497 e. The van der Waals surface area contributed by atoms with Gasteiger partial charge in [-0.05, 0) is 48.5 Å². The van der Waals surface area contributed by atoms with Crippen LogP contribution >= 0.6 is 11.3 Å². The second-order valence-corrected chi connectivity index (χ2v) is 7.63. The van der Waals surface area contributed by atoms with E-state index in [-0.39, 0.29) is 11.7 Å². The number of benzene rings is 3. The Balaban J connectivity index is 1.50. The summed E-state index contributed by atoms with van der Waals surface area (Å²) in [6.45, 7) is 0. The van der Waals surface area contributed by atoms with Gasteiger partial charge in [-0.25, -0.2) is 9.37 Å². The molecule has 0 fully saturated rings. The van der Waals surface area contributed by atoms with Gasteiger partial charge in [-0.1, -0.05) is 12.1 Å². The SMILES string of the molecule is COc1ccc(C(=O)Nc2cccc(-c3csc(Nc4ccc(F)cc4)n3)c2)c(OC)c1. The Morgan fingerprint density at radius 1 is 0.969 bits per heavy atom. The van der Waals surface area contributed by atoms with Crippen molar-refractivity contribution >= 4 is 33.8 Å². The van der Waals surface area contributed by atoms with Crippen LogP contribution in [0.15, 0.2) is 72.1 Å². The van der Waals surface area contributed by atoms with Crippen molar-refractivity contribution in [2.75, 3.05) is 24.9 Å². The summed E-state index contributed by atoms with van der Waals surface area (Å²) in [4.78, 5) is 17.4. The number of carbonyl (C=O) groups excluding carboxylic acids is 1. The molecule has 6 nitrogen and oxygen atoms in total. The van der Waals surface area contributed by atoms with Crippen molar-refractivity contribution in [3.05, 3.63) is 83.5 Å². The first-order valence-corrected chi connectivity index (χ1v) is 10.6. The number of methoxy groups -OCH3 is 2. The van der Waals surface area contributed by atoms with Crippen LogP contribution in [0.1, 0.15) is 10.4 Å². The van der Waals surface area contributed by atoms with E-state index < -0.39 is 0 Å². The maximum atomic E-state index is 13.1. The quantitative estimate of drug-likeness (QED) is 0.364. The second kappa shape index (κ2) is 9.49. The molecule has 4 rings (SSSR count). The van der Waals surface area contributed by atoms with E-state index in [1.807, 2.05) is 23.6 Å². The van der Waals surface area contributed by atoms with Crippen LogP contribution in [0, 0.1) is 5.82 Å². The average Bonchev–Trinajstić information content (AvgIpc) is 3.29. The minimum absolute atomic E-state index is 0.290. The van der Waals surface area contributed by atoms with Crippen molar-refractivity contribution in [1.29, 1.82) is 0 Å². The van der Waals surface area contributed by atoms with Crippen molar-refractivity contribution in [3.8, 4) is 22.8 Å². The fraction of sp³-hybridized carbons (Fsp3) is 0.0833. The minimum atomic E-state index is -0.293. The molecule has 0 aliphatic carbocycles. The van der Waals surface area contributed by atoms with Gasteiger partial charge in [0.05, 0.1) is 25.5 Å². The number of nitrogens with zero attached hydrogens (tertiary/aromatic N) is 1. The van der Waals surface area contributed by atoms with Crippen LogP contribution in [0.3, 0.4) is 0 Å². The van der Waals surface area contributed by atoms with E-state index in [1.54, 1.807) is 43.5 Å². The number of hydrogen-bond donors (Lipinski definition) is 2. The lowest BCUT2D eigenvalue weighted by Crippen LogP contribution is -2.13. The Hall–Kier alpha value is -3.91. The fourth-order valence-corrected chi connectivity index (χ4v) is 3.80. The number of hydrogen-bond acceptors (Lipinski definition) is 6. The number of thiazole rings is 1. The summed E-state index contributed by atoms with van der Waals surface area (Å²) >= 11 is 1.44. The van der Waals surface area contributed by atoms with Crippen LogP contribution in [0.4, 0.5) is 20.9 Å². The van der Waals surface area contributed by atoms with Crippen LogP contribution < -0.4 is 20.1 Å². The summed E-state index contributed by atoms with van der Waals surface area (Å²) in [6, 6.07) is 18.5. The highest BCUT2D eigenvalue weighted by Crippen LogP contribution is 2.30. The molecule has 0 radical (unpaired) electrons. The first-order chi connectivity index (χ1) is 15.6. The van der Waals surface area contributed by atoms with Crippen LogP contribution in [-0.2, 0) is 0 Å². The summed E-state index contributed by atoms with van der Waals surface area (Å²) in [7, 11) is 3.06. The molecule has 0 bridgehead atoms.